The molecule has 1 aromatic rings. The van der Waals surface area contributed by atoms with Crippen molar-refractivity contribution >= 4 is 22.4 Å². The zero-order valence-electron chi connectivity index (χ0n) is 10.3. The van der Waals surface area contributed by atoms with Crippen molar-refractivity contribution in [3.8, 4) is 0 Å². The maximum atomic E-state index is 11.6. The Kier molecular flexibility index (Phi) is 3.96. The van der Waals surface area contributed by atoms with E-state index in [0.29, 0.717) is 6.54 Å². The SMILES string of the molecule is CCNCc1cnc(N2CCN(C)C(=O)C2)s1. The summed E-state index contributed by atoms with van der Waals surface area (Å²) in [5.41, 5.74) is 0. The van der Waals surface area contributed by atoms with Crippen LogP contribution < -0.4 is 10.2 Å². The van der Waals surface area contributed by atoms with E-state index in [-0.39, 0.29) is 5.91 Å². The average molecular weight is 254 g/mol. The summed E-state index contributed by atoms with van der Waals surface area (Å²) in [6.07, 6.45) is 1.89. The average Bonchev–Trinajstić information content (AvgIpc) is 2.79. The van der Waals surface area contributed by atoms with Crippen molar-refractivity contribution in [3.05, 3.63) is 11.1 Å². The van der Waals surface area contributed by atoms with E-state index in [1.165, 1.54) is 4.88 Å². The predicted octanol–water partition coefficient (Wildman–Crippen LogP) is 0.531. The third-order valence-electron chi connectivity index (χ3n) is 2.82. The summed E-state index contributed by atoms with van der Waals surface area (Å²) < 4.78 is 0. The van der Waals surface area contributed by atoms with Gasteiger partial charge in [0.05, 0.1) is 6.54 Å². The Morgan fingerprint density at radius 2 is 2.35 bits per heavy atom. The number of amides is 1. The first-order chi connectivity index (χ1) is 8.20. The van der Waals surface area contributed by atoms with Crippen LogP contribution in [0.4, 0.5) is 5.13 Å². The van der Waals surface area contributed by atoms with Crippen molar-refractivity contribution in [3.63, 3.8) is 0 Å². The second kappa shape index (κ2) is 5.46. The molecule has 94 valence electrons. The number of nitrogens with zero attached hydrogens (tertiary/aromatic N) is 3. The minimum absolute atomic E-state index is 0.166. The third kappa shape index (κ3) is 2.95. The number of likely N-dealkylation sites (N-methyl/N-ethyl adjacent to an activating group) is 1. The van der Waals surface area contributed by atoms with E-state index in [2.05, 4.69) is 22.1 Å². The number of thiazole rings is 1. The van der Waals surface area contributed by atoms with Gasteiger partial charge in [0.2, 0.25) is 5.91 Å². The monoisotopic (exact) mass is 254 g/mol. The smallest absolute Gasteiger partial charge is 0.241 e. The Morgan fingerprint density at radius 1 is 1.53 bits per heavy atom. The van der Waals surface area contributed by atoms with Gasteiger partial charge in [0, 0.05) is 37.8 Å². The molecule has 6 heteroatoms. The molecule has 2 rings (SSSR count). The van der Waals surface area contributed by atoms with Gasteiger partial charge in [-0.25, -0.2) is 4.98 Å². The summed E-state index contributed by atoms with van der Waals surface area (Å²) >= 11 is 1.66. The molecule has 5 nitrogen and oxygen atoms in total. The van der Waals surface area contributed by atoms with Gasteiger partial charge in [0.1, 0.15) is 0 Å². The minimum Gasteiger partial charge on any atom is -0.342 e. The number of piperazine rings is 1. The molecule has 1 aliphatic heterocycles. The highest BCUT2D eigenvalue weighted by atomic mass is 32.1. The van der Waals surface area contributed by atoms with Gasteiger partial charge >= 0.3 is 0 Å². The molecule has 1 N–H and O–H groups in total. The molecule has 0 radical (unpaired) electrons. The molecule has 0 saturated carbocycles. The van der Waals surface area contributed by atoms with Crippen molar-refractivity contribution in [2.24, 2.45) is 0 Å². The van der Waals surface area contributed by atoms with Crippen LogP contribution in [0.2, 0.25) is 0 Å². The molecule has 17 heavy (non-hydrogen) atoms. The van der Waals surface area contributed by atoms with Gasteiger partial charge < -0.3 is 15.1 Å². The molecule has 2 heterocycles. The molecule has 1 aliphatic rings. The van der Waals surface area contributed by atoms with Crippen molar-refractivity contribution in [1.29, 1.82) is 0 Å². The van der Waals surface area contributed by atoms with Gasteiger partial charge in [-0.1, -0.05) is 6.92 Å². The zero-order valence-corrected chi connectivity index (χ0v) is 11.1. The van der Waals surface area contributed by atoms with Crippen molar-refractivity contribution < 1.29 is 4.79 Å². The summed E-state index contributed by atoms with van der Waals surface area (Å²) in [6.45, 7) is 6.00. The number of rotatable bonds is 4. The normalized spacial score (nSPS) is 16.7. The predicted molar refractivity (Wildman–Crippen MR) is 69.3 cm³/mol. The standard InChI is InChI=1S/C11H18N4OS/c1-3-12-6-9-7-13-11(17-9)15-5-4-14(2)10(16)8-15/h7,12H,3-6,8H2,1-2H3. The number of anilines is 1. The van der Waals surface area contributed by atoms with Crippen LogP contribution in [-0.4, -0.2) is 49.0 Å². The van der Waals surface area contributed by atoms with E-state index in [1.54, 1.807) is 16.2 Å². The second-order valence-electron chi connectivity index (χ2n) is 4.13. The Labute approximate surface area is 105 Å². The van der Waals surface area contributed by atoms with Gasteiger partial charge in [-0.15, -0.1) is 11.3 Å². The number of hydrogen-bond donors (Lipinski definition) is 1. The van der Waals surface area contributed by atoms with Crippen LogP contribution in [0.1, 0.15) is 11.8 Å². The molecule has 0 unspecified atom stereocenters. The molecule has 1 aromatic heterocycles. The number of carbonyl (C=O) groups is 1. The molecule has 0 bridgehead atoms. The van der Waals surface area contributed by atoms with E-state index >= 15 is 0 Å². The molecule has 1 amide bonds. The Hall–Kier alpha value is -1.14. The van der Waals surface area contributed by atoms with Crippen LogP contribution in [0.25, 0.3) is 0 Å². The lowest BCUT2D eigenvalue weighted by Gasteiger charge is -2.31. The largest absolute Gasteiger partial charge is 0.342 e. The molecule has 0 aliphatic carbocycles. The van der Waals surface area contributed by atoms with Crippen LogP contribution in [0.5, 0.6) is 0 Å². The van der Waals surface area contributed by atoms with Gasteiger partial charge in [0.15, 0.2) is 5.13 Å². The summed E-state index contributed by atoms with van der Waals surface area (Å²) in [5.74, 6) is 0.166. The van der Waals surface area contributed by atoms with Crippen molar-refractivity contribution in [2.45, 2.75) is 13.5 Å². The highest BCUT2D eigenvalue weighted by Gasteiger charge is 2.22. The maximum absolute atomic E-state index is 11.6. The summed E-state index contributed by atoms with van der Waals surface area (Å²) in [5, 5.41) is 4.23. The quantitative estimate of drug-likeness (QED) is 0.851. The fourth-order valence-corrected chi connectivity index (χ4v) is 2.60. The molecular formula is C11H18N4OS. The minimum atomic E-state index is 0.166. The fourth-order valence-electron chi connectivity index (χ4n) is 1.70. The molecular weight excluding hydrogens is 236 g/mol. The summed E-state index contributed by atoms with van der Waals surface area (Å²) in [6, 6.07) is 0. The van der Waals surface area contributed by atoms with Crippen LogP contribution in [0.15, 0.2) is 6.20 Å². The Balaban J connectivity index is 1.98. The van der Waals surface area contributed by atoms with Gasteiger partial charge in [-0.2, -0.15) is 0 Å². The molecule has 0 atom stereocenters. The van der Waals surface area contributed by atoms with Crippen LogP contribution in [0, 0.1) is 0 Å². The van der Waals surface area contributed by atoms with Crippen LogP contribution in [-0.2, 0) is 11.3 Å². The van der Waals surface area contributed by atoms with Crippen molar-refractivity contribution in [1.82, 2.24) is 15.2 Å². The first kappa shape index (κ1) is 12.3. The highest BCUT2D eigenvalue weighted by Crippen LogP contribution is 2.23. The lowest BCUT2D eigenvalue weighted by Crippen LogP contribution is -2.48. The number of carbonyl (C=O) groups excluding carboxylic acids is 1. The Morgan fingerprint density at radius 3 is 3.06 bits per heavy atom. The van der Waals surface area contributed by atoms with E-state index < -0.39 is 0 Å². The summed E-state index contributed by atoms with van der Waals surface area (Å²) in [7, 11) is 1.85. The summed E-state index contributed by atoms with van der Waals surface area (Å²) in [4.78, 5) is 21.0. The fraction of sp³-hybridized carbons (Fsp3) is 0.636. The van der Waals surface area contributed by atoms with E-state index in [1.807, 2.05) is 13.2 Å². The highest BCUT2D eigenvalue weighted by molar-refractivity contribution is 7.15. The van der Waals surface area contributed by atoms with E-state index in [0.717, 1.165) is 31.3 Å². The molecule has 0 aromatic carbocycles. The van der Waals surface area contributed by atoms with Gasteiger partial charge in [-0.3, -0.25) is 4.79 Å². The van der Waals surface area contributed by atoms with Crippen molar-refractivity contribution in [2.75, 3.05) is 38.1 Å². The first-order valence-electron chi connectivity index (χ1n) is 5.85. The van der Waals surface area contributed by atoms with Crippen LogP contribution >= 0.6 is 11.3 Å². The molecule has 1 saturated heterocycles. The van der Waals surface area contributed by atoms with Crippen LogP contribution in [0.3, 0.4) is 0 Å². The molecule has 1 fully saturated rings. The second-order valence-corrected chi connectivity index (χ2v) is 5.22. The van der Waals surface area contributed by atoms with E-state index in [4.69, 9.17) is 0 Å². The molecule has 0 spiro atoms. The maximum Gasteiger partial charge on any atom is 0.241 e. The number of hydrogen-bond acceptors (Lipinski definition) is 5. The zero-order chi connectivity index (χ0) is 12.3. The lowest BCUT2D eigenvalue weighted by atomic mass is 10.3. The number of nitrogens with one attached hydrogen (secondary N) is 1. The first-order valence-corrected chi connectivity index (χ1v) is 6.66. The third-order valence-corrected chi connectivity index (χ3v) is 3.88. The van der Waals surface area contributed by atoms with Gasteiger partial charge in [-0.05, 0) is 6.54 Å². The Bertz CT molecular complexity index is 393. The van der Waals surface area contributed by atoms with E-state index in [9.17, 15) is 4.79 Å². The van der Waals surface area contributed by atoms with Gasteiger partial charge in [0.25, 0.3) is 0 Å². The topological polar surface area (TPSA) is 48.5 Å². The number of aromatic nitrogens is 1. The lowest BCUT2D eigenvalue weighted by molar-refractivity contribution is -0.129.